The maximum absolute atomic E-state index is 12.8. The van der Waals surface area contributed by atoms with Crippen LogP contribution in [0.5, 0.6) is 0 Å². The fourth-order valence-electron chi connectivity index (χ4n) is 4.06. The van der Waals surface area contributed by atoms with E-state index in [9.17, 15) is 9.90 Å². The number of H-pyrrole nitrogens is 1. The molecule has 1 aromatic carbocycles. The topological polar surface area (TPSA) is 78.5 Å². The maximum atomic E-state index is 12.8. The van der Waals surface area contributed by atoms with E-state index in [0.717, 1.165) is 35.0 Å². The number of nitrogens with one attached hydrogen (secondary N) is 1. The van der Waals surface area contributed by atoms with Gasteiger partial charge >= 0.3 is 0 Å². The molecule has 0 fully saturated rings. The summed E-state index contributed by atoms with van der Waals surface area (Å²) in [6.07, 6.45) is 2.51. The SMILES string of the molecule is CC(C)(C)OCC(O)CN(Cc1ccccc1)Cc1nc2sc3c(c2c(=O)[nH]1)CCC3. The molecule has 31 heavy (non-hydrogen) atoms. The van der Waals surface area contributed by atoms with Crippen molar-refractivity contribution in [3.05, 3.63) is 62.5 Å². The van der Waals surface area contributed by atoms with Gasteiger partial charge in [-0.2, -0.15) is 0 Å². The number of aromatic amines is 1. The van der Waals surface area contributed by atoms with Crippen molar-refractivity contribution in [2.75, 3.05) is 13.2 Å². The molecule has 4 rings (SSSR count). The smallest absolute Gasteiger partial charge is 0.259 e. The number of aliphatic hydroxyl groups excluding tert-OH is 1. The number of hydrogen-bond donors (Lipinski definition) is 2. The van der Waals surface area contributed by atoms with Gasteiger partial charge in [0.15, 0.2) is 0 Å². The van der Waals surface area contributed by atoms with Crippen LogP contribution in [0.2, 0.25) is 0 Å². The van der Waals surface area contributed by atoms with E-state index in [2.05, 4.69) is 22.0 Å². The number of ether oxygens (including phenoxy) is 1. The van der Waals surface area contributed by atoms with E-state index >= 15 is 0 Å². The van der Waals surface area contributed by atoms with Crippen LogP contribution < -0.4 is 5.56 Å². The van der Waals surface area contributed by atoms with Gasteiger partial charge < -0.3 is 14.8 Å². The van der Waals surface area contributed by atoms with E-state index in [0.29, 0.717) is 25.5 Å². The van der Waals surface area contributed by atoms with Gasteiger partial charge in [-0.1, -0.05) is 30.3 Å². The highest BCUT2D eigenvalue weighted by Crippen LogP contribution is 2.34. The molecule has 0 bridgehead atoms. The normalized spacial score (nSPS) is 15.0. The molecule has 1 unspecified atom stereocenters. The number of thiophene rings is 1. The highest BCUT2D eigenvalue weighted by Gasteiger charge is 2.22. The molecule has 2 heterocycles. The number of hydrogen-bond acceptors (Lipinski definition) is 6. The van der Waals surface area contributed by atoms with Crippen LogP contribution in [0.4, 0.5) is 0 Å². The number of nitrogens with zero attached hydrogens (tertiary/aromatic N) is 2. The summed E-state index contributed by atoms with van der Waals surface area (Å²) in [5.41, 5.74) is 1.99. The van der Waals surface area contributed by atoms with E-state index in [1.165, 1.54) is 10.4 Å². The van der Waals surface area contributed by atoms with Crippen molar-refractivity contribution < 1.29 is 9.84 Å². The number of fused-ring (bicyclic) bond motifs is 3. The molecule has 0 spiro atoms. The molecule has 0 aliphatic heterocycles. The summed E-state index contributed by atoms with van der Waals surface area (Å²) in [6, 6.07) is 10.1. The first-order chi connectivity index (χ1) is 14.8. The van der Waals surface area contributed by atoms with E-state index in [4.69, 9.17) is 9.72 Å². The van der Waals surface area contributed by atoms with Gasteiger partial charge in [-0.25, -0.2) is 4.98 Å². The van der Waals surface area contributed by atoms with Gasteiger partial charge in [-0.3, -0.25) is 9.69 Å². The fraction of sp³-hybridized carbons (Fsp3) is 0.500. The monoisotopic (exact) mass is 441 g/mol. The molecule has 0 amide bonds. The minimum Gasteiger partial charge on any atom is -0.389 e. The molecule has 1 atom stereocenters. The highest BCUT2D eigenvalue weighted by molar-refractivity contribution is 7.18. The van der Waals surface area contributed by atoms with E-state index < -0.39 is 6.10 Å². The van der Waals surface area contributed by atoms with E-state index in [-0.39, 0.29) is 17.8 Å². The van der Waals surface area contributed by atoms with Gasteiger partial charge in [0.2, 0.25) is 0 Å². The lowest BCUT2D eigenvalue weighted by Gasteiger charge is -2.27. The second-order valence-corrected chi connectivity index (χ2v) is 10.4. The van der Waals surface area contributed by atoms with Crippen molar-refractivity contribution in [1.29, 1.82) is 0 Å². The minimum absolute atomic E-state index is 0.0457. The number of aliphatic hydroxyl groups is 1. The van der Waals surface area contributed by atoms with Crippen LogP contribution in [0.1, 0.15) is 49.0 Å². The zero-order valence-corrected chi connectivity index (χ0v) is 19.3. The summed E-state index contributed by atoms with van der Waals surface area (Å²) in [6.45, 7) is 7.71. The number of benzene rings is 1. The second kappa shape index (κ2) is 9.20. The molecule has 166 valence electrons. The second-order valence-electron chi connectivity index (χ2n) is 9.28. The molecule has 0 radical (unpaired) electrons. The molecule has 2 aromatic heterocycles. The van der Waals surface area contributed by atoms with E-state index in [1.54, 1.807) is 11.3 Å². The lowest BCUT2D eigenvalue weighted by atomic mass is 10.2. The van der Waals surface area contributed by atoms with Gasteiger partial charge in [-0.05, 0) is 51.2 Å². The zero-order valence-electron chi connectivity index (χ0n) is 18.5. The first-order valence-corrected chi connectivity index (χ1v) is 11.7. The molecular weight excluding hydrogens is 410 g/mol. The molecule has 2 N–H and O–H groups in total. The third-order valence-corrected chi connectivity index (χ3v) is 6.61. The predicted molar refractivity (Wildman–Crippen MR) is 125 cm³/mol. The van der Waals surface area contributed by atoms with Crippen LogP contribution in [0.25, 0.3) is 10.2 Å². The van der Waals surface area contributed by atoms with Crippen LogP contribution in [0.15, 0.2) is 35.1 Å². The molecule has 0 saturated carbocycles. The third kappa shape index (κ3) is 5.60. The first kappa shape index (κ1) is 22.1. The van der Waals surface area contributed by atoms with Crippen LogP contribution in [0, 0.1) is 0 Å². The minimum atomic E-state index is -0.635. The van der Waals surface area contributed by atoms with Crippen LogP contribution in [-0.2, 0) is 30.7 Å². The van der Waals surface area contributed by atoms with Crippen molar-refractivity contribution in [2.45, 2.75) is 64.8 Å². The summed E-state index contributed by atoms with van der Waals surface area (Å²) < 4.78 is 5.76. The predicted octanol–water partition coefficient (Wildman–Crippen LogP) is 3.65. The van der Waals surface area contributed by atoms with E-state index in [1.807, 2.05) is 39.0 Å². The maximum Gasteiger partial charge on any atom is 0.259 e. The van der Waals surface area contributed by atoms with Crippen LogP contribution in [0.3, 0.4) is 0 Å². The Hall–Kier alpha value is -2.06. The van der Waals surface area contributed by atoms with Gasteiger partial charge in [0.05, 0.1) is 30.2 Å². The van der Waals surface area contributed by atoms with Crippen molar-refractivity contribution >= 4 is 21.6 Å². The Balaban J connectivity index is 1.54. The fourth-order valence-corrected chi connectivity index (χ4v) is 5.34. The van der Waals surface area contributed by atoms with Crippen molar-refractivity contribution in [3.63, 3.8) is 0 Å². The lowest BCUT2D eigenvalue weighted by molar-refractivity contribution is -0.0574. The van der Waals surface area contributed by atoms with Crippen LogP contribution in [-0.4, -0.2) is 44.8 Å². The Morgan fingerprint density at radius 2 is 2.00 bits per heavy atom. The summed E-state index contributed by atoms with van der Waals surface area (Å²) in [5.74, 6) is 0.636. The van der Waals surface area contributed by atoms with Crippen LogP contribution >= 0.6 is 11.3 Å². The Morgan fingerprint density at radius 1 is 1.23 bits per heavy atom. The van der Waals surface area contributed by atoms with Gasteiger partial charge in [0, 0.05) is 18.0 Å². The Morgan fingerprint density at radius 3 is 2.74 bits per heavy atom. The quantitative estimate of drug-likeness (QED) is 0.558. The highest BCUT2D eigenvalue weighted by atomic mass is 32.1. The Kier molecular flexibility index (Phi) is 6.57. The van der Waals surface area contributed by atoms with Crippen molar-refractivity contribution in [3.8, 4) is 0 Å². The van der Waals surface area contributed by atoms with Gasteiger partial charge in [-0.15, -0.1) is 11.3 Å². The molecule has 6 nitrogen and oxygen atoms in total. The van der Waals surface area contributed by atoms with Crippen molar-refractivity contribution in [2.24, 2.45) is 0 Å². The molecule has 3 aromatic rings. The largest absolute Gasteiger partial charge is 0.389 e. The number of aryl methyl sites for hydroxylation is 2. The van der Waals surface area contributed by atoms with Gasteiger partial charge in [0.1, 0.15) is 10.7 Å². The molecule has 0 saturated heterocycles. The van der Waals surface area contributed by atoms with Gasteiger partial charge in [0.25, 0.3) is 5.56 Å². The molecule has 1 aliphatic carbocycles. The summed E-state index contributed by atoms with van der Waals surface area (Å²) >= 11 is 1.65. The first-order valence-electron chi connectivity index (χ1n) is 10.9. The number of aromatic nitrogens is 2. The Labute approximate surface area is 186 Å². The average molecular weight is 442 g/mol. The summed E-state index contributed by atoms with van der Waals surface area (Å²) in [5, 5.41) is 11.4. The third-order valence-electron chi connectivity index (χ3n) is 5.42. The zero-order chi connectivity index (χ0) is 22.0. The number of rotatable bonds is 8. The molecule has 7 heteroatoms. The molecular formula is C24H31N3O3S. The summed E-state index contributed by atoms with van der Waals surface area (Å²) in [4.78, 5) is 24.8. The van der Waals surface area contributed by atoms with Crippen molar-refractivity contribution in [1.82, 2.24) is 14.9 Å². The average Bonchev–Trinajstić information content (AvgIpc) is 3.27. The standard InChI is InChI=1S/C24H31N3O3S/c1-24(2,3)30-15-17(28)13-27(12-16-8-5-4-6-9-16)14-20-25-22(29)21-18-10-7-11-19(18)31-23(21)26-20/h4-6,8-9,17,28H,7,10-15H2,1-3H3,(H,25,26,29). The lowest BCUT2D eigenvalue weighted by Crippen LogP contribution is -2.37. The Bertz CT molecular complexity index is 1090. The summed E-state index contributed by atoms with van der Waals surface area (Å²) in [7, 11) is 0. The molecule has 1 aliphatic rings.